The van der Waals surface area contributed by atoms with Gasteiger partial charge >= 0.3 is 0 Å². The maximum atomic E-state index is 12.9. The van der Waals surface area contributed by atoms with E-state index in [-0.39, 0.29) is 17.9 Å². The molecule has 2 heterocycles. The van der Waals surface area contributed by atoms with Crippen molar-refractivity contribution in [3.8, 4) is 0 Å². The third-order valence-electron chi connectivity index (χ3n) is 5.62. The highest BCUT2D eigenvalue weighted by molar-refractivity contribution is 6.09. The Hall–Kier alpha value is -1.92. The summed E-state index contributed by atoms with van der Waals surface area (Å²) in [6, 6.07) is 5.83. The summed E-state index contributed by atoms with van der Waals surface area (Å²) in [4.78, 5) is 27.5. The van der Waals surface area contributed by atoms with Gasteiger partial charge in [-0.3, -0.25) is 9.59 Å². The number of fused-ring (bicyclic) bond motifs is 1. The monoisotopic (exact) mass is 373 g/mol. The molecule has 0 aromatic heterocycles. The summed E-state index contributed by atoms with van der Waals surface area (Å²) >= 11 is 0. The molecule has 1 aromatic rings. The molecule has 2 aliphatic heterocycles. The molecule has 1 saturated heterocycles. The Bertz CT molecular complexity index is 696. The van der Waals surface area contributed by atoms with Crippen LogP contribution in [-0.2, 0) is 14.9 Å². The highest BCUT2D eigenvalue weighted by Crippen LogP contribution is 2.42. The minimum atomic E-state index is -0.557. The van der Waals surface area contributed by atoms with Crippen LogP contribution in [0.3, 0.4) is 0 Å². The molecular weight excluding hydrogens is 342 g/mol. The molecule has 1 aromatic carbocycles. The van der Waals surface area contributed by atoms with Gasteiger partial charge in [-0.25, -0.2) is 0 Å². The second kappa shape index (κ2) is 8.40. The molecule has 1 fully saturated rings. The van der Waals surface area contributed by atoms with Crippen molar-refractivity contribution in [2.24, 2.45) is 0 Å². The van der Waals surface area contributed by atoms with Gasteiger partial charge in [0.15, 0.2) is 0 Å². The Labute approximate surface area is 161 Å². The van der Waals surface area contributed by atoms with Gasteiger partial charge in [-0.05, 0) is 63.8 Å². The second-order valence-corrected chi connectivity index (χ2v) is 8.03. The molecule has 6 heteroatoms. The first-order valence-corrected chi connectivity index (χ1v) is 9.92. The maximum Gasteiger partial charge on any atom is 0.251 e. The lowest BCUT2D eigenvalue weighted by Gasteiger charge is -2.24. The van der Waals surface area contributed by atoms with Gasteiger partial charge in [0.2, 0.25) is 5.91 Å². The molecule has 6 nitrogen and oxygen atoms in total. The summed E-state index contributed by atoms with van der Waals surface area (Å²) in [5, 5.41) is 6.42. The summed E-state index contributed by atoms with van der Waals surface area (Å²) < 4.78 is 5.11. The van der Waals surface area contributed by atoms with Gasteiger partial charge in [-0.15, -0.1) is 0 Å². The molecule has 2 aliphatic rings. The molecule has 0 radical (unpaired) electrons. The Kier molecular flexibility index (Phi) is 6.17. The van der Waals surface area contributed by atoms with Crippen LogP contribution < -0.4 is 15.5 Å². The Morgan fingerprint density at radius 2 is 2.19 bits per heavy atom. The first-order chi connectivity index (χ1) is 12.9. The van der Waals surface area contributed by atoms with Crippen molar-refractivity contribution in [3.05, 3.63) is 29.3 Å². The van der Waals surface area contributed by atoms with E-state index in [1.165, 1.54) is 0 Å². The summed E-state index contributed by atoms with van der Waals surface area (Å²) in [7, 11) is 1.69. The average Bonchev–Trinajstić information content (AvgIpc) is 2.86. The quantitative estimate of drug-likeness (QED) is 0.719. The number of anilines is 1. The average molecular weight is 373 g/mol. The standard InChI is InChI=1S/C21H31N3O3/c1-21(2)17-9-8-15(19(25)23-16-7-6-10-22-14-16)13-18(17)24(20(21)26)11-4-5-12-27-3/h8-9,13,16,22H,4-7,10-12,14H2,1-3H3,(H,23,25). The number of piperidine rings is 1. The van der Waals surface area contributed by atoms with Crippen molar-refractivity contribution >= 4 is 17.5 Å². The van der Waals surface area contributed by atoms with E-state index in [1.54, 1.807) is 7.11 Å². The van der Waals surface area contributed by atoms with Gasteiger partial charge in [-0.1, -0.05) is 6.07 Å². The number of carbonyl (C=O) groups excluding carboxylic acids is 2. The normalized spacial score (nSPS) is 21.2. The van der Waals surface area contributed by atoms with Crippen LogP contribution in [0.4, 0.5) is 5.69 Å². The number of carbonyl (C=O) groups is 2. The fourth-order valence-electron chi connectivity index (χ4n) is 3.97. The Balaban J connectivity index is 1.77. The third-order valence-corrected chi connectivity index (χ3v) is 5.62. The molecule has 148 valence electrons. The summed E-state index contributed by atoms with van der Waals surface area (Å²) in [5.41, 5.74) is 1.93. The molecule has 2 amide bonds. The summed E-state index contributed by atoms with van der Waals surface area (Å²) in [6.07, 6.45) is 3.86. The fraction of sp³-hybridized carbons (Fsp3) is 0.619. The van der Waals surface area contributed by atoms with Crippen LogP contribution in [0, 0.1) is 0 Å². The molecule has 27 heavy (non-hydrogen) atoms. The lowest BCUT2D eigenvalue weighted by molar-refractivity contribution is -0.122. The molecule has 0 aliphatic carbocycles. The van der Waals surface area contributed by atoms with Crippen LogP contribution in [0.1, 0.15) is 55.5 Å². The first kappa shape index (κ1) is 19.8. The lowest BCUT2D eigenvalue weighted by Crippen LogP contribution is -2.45. The van der Waals surface area contributed by atoms with Crippen LogP contribution in [0.15, 0.2) is 18.2 Å². The van der Waals surface area contributed by atoms with E-state index in [2.05, 4.69) is 10.6 Å². The molecule has 3 rings (SSSR count). The molecule has 1 atom stereocenters. The van der Waals surface area contributed by atoms with Gasteiger partial charge in [0.25, 0.3) is 5.91 Å². The molecule has 1 unspecified atom stereocenters. The van der Waals surface area contributed by atoms with E-state index >= 15 is 0 Å². The number of hydrogen-bond donors (Lipinski definition) is 2. The number of nitrogens with zero attached hydrogens (tertiary/aromatic N) is 1. The van der Waals surface area contributed by atoms with E-state index in [9.17, 15) is 9.59 Å². The minimum absolute atomic E-state index is 0.0667. The SMILES string of the molecule is COCCCCN1C(=O)C(C)(C)c2ccc(C(=O)NC3CCCNC3)cc21. The zero-order valence-corrected chi connectivity index (χ0v) is 16.6. The first-order valence-electron chi connectivity index (χ1n) is 9.92. The van der Waals surface area contributed by atoms with Crippen LogP contribution in [-0.4, -0.2) is 51.2 Å². The number of unbranched alkanes of at least 4 members (excludes halogenated alkanes) is 1. The van der Waals surface area contributed by atoms with Gasteiger partial charge in [0.05, 0.1) is 5.41 Å². The minimum Gasteiger partial charge on any atom is -0.385 e. The zero-order chi connectivity index (χ0) is 19.4. The number of nitrogens with one attached hydrogen (secondary N) is 2. The van der Waals surface area contributed by atoms with Crippen molar-refractivity contribution in [2.45, 2.75) is 51.0 Å². The largest absolute Gasteiger partial charge is 0.385 e. The van der Waals surface area contributed by atoms with Gasteiger partial charge < -0.3 is 20.3 Å². The highest BCUT2D eigenvalue weighted by Gasteiger charge is 2.43. The van der Waals surface area contributed by atoms with E-state index in [0.717, 1.165) is 50.0 Å². The number of rotatable bonds is 7. The summed E-state index contributed by atoms with van der Waals surface area (Å²) in [5.74, 6) is 0.0342. The van der Waals surface area contributed by atoms with E-state index in [4.69, 9.17) is 4.74 Å². The van der Waals surface area contributed by atoms with Crippen molar-refractivity contribution in [2.75, 3.05) is 38.3 Å². The third kappa shape index (κ3) is 4.17. The molecule has 0 bridgehead atoms. The molecule has 0 spiro atoms. The number of amides is 2. The van der Waals surface area contributed by atoms with Crippen LogP contribution in [0.5, 0.6) is 0 Å². The van der Waals surface area contributed by atoms with Crippen LogP contribution >= 0.6 is 0 Å². The van der Waals surface area contributed by atoms with E-state index in [0.29, 0.717) is 18.7 Å². The second-order valence-electron chi connectivity index (χ2n) is 8.03. The molecule has 0 saturated carbocycles. The van der Waals surface area contributed by atoms with Crippen molar-refractivity contribution in [1.82, 2.24) is 10.6 Å². The maximum absolute atomic E-state index is 12.9. The van der Waals surface area contributed by atoms with Crippen molar-refractivity contribution < 1.29 is 14.3 Å². The highest BCUT2D eigenvalue weighted by atomic mass is 16.5. The predicted molar refractivity (Wildman–Crippen MR) is 106 cm³/mol. The Morgan fingerprint density at radius 1 is 1.37 bits per heavy atom. The summed E-state index contributed by atoms with van der Waals surface area (Å²) in [6.45, 7) is 7.08. The number of ether oxygens (including phenoxy) is 1. The lowest BCUT2D eigenvalue weighted by atomic mass is 9.86. The molecular formula is C21H31N3O3. The van der Waals surface area contributed by atoms with Crippen LogP contribution in [0.25, 0.3) is 0 Å². The zero-order valence-electron chi connectivity index (χ0n) is 16.6. The number of hydrogen-bond acceptors (Lipinski definition) is 4. The van der Waals surface area contributed by atoms with Crippen LogP contribution in [0.2, 0.25) is 0 Å². The van der Waals surface area contributed by atoms with Crippen molar-refractivity contribution in [1.29, 1.82) is 0 Å². The van der Waals surface area contributed by atoms with E-state index in [1.807, 2.05) is 36.9 Å². The van der Waals surface area contributed by atoms with Gasteiger partial charge in [0, 0.05) is 44.1 Å². The van der Waals surface area contributed by atoms with Crippen molar-refractivity contribution in [3.63, 3.8) is 0 Å². The fourth-order valence-corrected chi connectivity index (χ4v) is 3.97. The van der Waals surface area contributed by atoms with Gasteiger partial charge in [0.1, 0.15) is 0 Å². The van der Waals surface area contributed by atoms with Gasteiger partial charge in [-0.2, -0.15) is 0 Å². The number of methoxy groups -OCH3 is 1. The Morgan fingerprint density at radius 3 is 2.89 bits per heavy atom. The number of benzene rings is 1. The molecule has 2 N–H and O–H groups in total. The smallest absolute Gasteiger partial charge is 0.251 e. The van der Waals surface area contributed by atoms with E-state index < -0.39 is 5.41 Å². The predicted octanol–water partition coefficient (Wildman–Crippen LogP) is 2.22. The topological polar surface area (TPSA) is 70.7 Å².